The van der Waals surface area contributed by atoms with E-state index in [9.17, 15) is 4.79 Å². The number of morpholine rings is 1. The molecule has 0 radical (unpaired) electrons. The van der Waals surface area contributed by atoms with Gasteiger partial charge in [-0.2, -0.15) is 5.10 Å². The maximum absolute atomic E-state index is 13.1. The van der Waals surface area contributed by atoms with E-state index in [1.807, 2.05) is 53.8 Å². The lowest BCUT2D eigenvalue weighted by Crippen LogP contribution is -2.48. The molecule has 2 aromatic rings. The minimum absolute atomic E-state index is 0.0752. The lowest BCUT2D eigenvalue weighted by Gasteiger charge is -2.35. The number of hydrogen-bond donors (Lipinski definition) is 0. The first-order chi connectivity index (χ1) is 11.6. The van der Waals surface area contributed by atoms with Crippen LogP contribution in [-0.4, -0.2) is 45.9 Å². The van der Waals surface area contributed by atoms with Crippen LogP contribution < -0.4 is 0 Å². The van der Waals surface area contributed by atoms with Crippen molar-refractivity contribution in [1.29, 1.82) is 0 Å². The van der Waals surface area contributed by atoms with Gasteiger partial charge in [0.05, 0.1) is 35.3 Å². The molecule has 2 atom stereocenters. The van der Waals surface area contributed by atoms with Crippen molar-refractivity contribution in [3.8, 4) is 5.69 Å². The summed E-state index contributed by atoms with van der Waals surface area (Å²) in [5, 5.41) is 4.54. The third-order valence-corrected chi connectivity index (χ3v) is 4.71. The molecule has 0 spiro atoms. The van der Waals surface area contributed by atoms with Crippen molar-refractivity contribution in [3.05, 3.63) is 47.8 Å². The van der Waals surface area contributed by atoms with Gasteiger partial charge in [-0.05, 0) is 38.8 Å². The van der Waals surface area contributed by atoms with Gasteiger partial charge in [0, 0.05) is 19.0 Å². The second kappa shape index (κ2) is 6.06. The fraction of sp³-hybridized carbons (Fsp3) is 0.474. The lowest BCUT2D eigenvalue weighted by molar-refractivity contribution is -0.0586. The van der Waals surface area contributed by atoms with Crippen LogP contribution in [0.25, 0.3) is 5.69 Å². The summed E-state index contributed by atoms with van der Waals surface area (Å²) in [7, 11) is 0. The molecule has 1 saturated carbocycles. The van der Waals surface area contributed by atoms with Crippen LogP contribution in [0.5, 0.6) is 0 Å². The smallest absolute Gasteiger partial charge is 0.257 e. The maximum atomic E-state index is 13.1. The number of nitrogens with zero attached hydrogens (tertiary/aromatic N) is 3. The highest BCUT2D eigenvalue weighted by Gasteiger charge is 2.35. The number of carbonyl (C=O) groups excluding carboxylic acids is 1. The van der Waals surface area contributed by atoms with Crippen LogP contribution in [0.3, 0.4) is 0 Å². The molecule has 2 fully saturated rings. The minimum atomic E-state index is 0.0752. The van der Waals surface area contributed by atoms with Crippen LogP contribution in [0.2, 0.25) is 0 Å². The summed E-state index contributed by atoms with van der Waals surface area (Å²) in [6, 6.07) is 10.1. The monoisotopic (exact) mass is 325 g/mol. The largest absolute Gasteiger partial charge is 0.372 e. The van der Waals surface area contributed by atoms with Crippen LogP contribution in [0.4, 0.5) is 0 Å². The summed E-state index contributed by atoms with van der Waals surface area (Å²) in [5.74, 6) is 0.531. The quantitative estimate of drug-likeness (QED) is 0.871. The average molecular weight is 325 g/mol. The molecule has 1 saturated heterocycles. The van der Waals surface area contributed by atoms with Crippen molar-refractivity contribution in [3.63, 3.8) is 0 Å². The predicted molar refractivity (Wildman–Crippen MR) is 91.5 cm³/mol. The average Bonchev–Trinajstić information content (AvgIpc) is 3.32. The molecule has 1 aliphatic carbocycles. The summed E-state index contributed by atoms with van der Waals surface area (Å²) in [6.45, 7) is 5.32. The first-order valence-electron chi connectivity index (χ1n) is 8.71. The number of ether oxygens (including phenoxy) is 1. The zero-order chi connectivity index (χ0) is 16.7. The molecule has 5 heteroatoms. The number of hydrogen-bond acceptors (Lipinski definition) is 3. The Balaban J connectivity index is 1.68. The third-order valence-electron chi connectivity index (χ3n) is 4.71. The van der Waals surface area contributed by atoms with Crippen LogP contribution in [-0.2, 0) is 4.74 Å². The van der Waals surface area contributed by atoms with E-state index < -0.39 is 0 Å². The van der Waals surface area contributed by atoms with Crippen molar-refractivity contribution < 1.29 is 9.53 Å². The van der Waals surface area contributed by atoms with Crippen LogP contribution in [0, 0.1) is 0 Å². The second-order valence-electron chi connectivity index (χ2n) is 6.93. The highest BCUT2D eigenvalue weighted by atomic mass is 16.5. The lowest BCUT2D eigenvalue weighted by atomic mass is 10.1. The van der Waals surface area contributed by atoms with Gasteiger partial charge in [0.25, 0.3) is 5.91 Å². The standard InChI is InChI=1S/C19H23N3O2/c1-13-11-21(12-14(2)24-13)19(23)17-10-20-22(18(17)15-8-9-15)16-6-4-3-5-7-16/h3-7,10,13-15H,8-9,11-12H2,1-2H3. The summed E-state index contributed by atoms with van der Waals surface area (Å²) in [6.07, 6.45) is 4.16. The number of para-hydroxylation sites is 1. The molecule has 2 unspecified atom stereocenters. The van der Waals surface area contributed by atoms with Crippen molar-refractivity contribution >= 4 is 5.91 Å². The summed E-state index contributed by atoms with van der Waals surface area (Å²) < 4.78 is 7.69. The topological polar surface area (TPSA) is 47.4 Å². The van der Waals surface area contributed by atoms with E-state index in [2.05, 4.69) is 5.10 Å². The molecule has 1 amide bonds. The summed E-state index contributed by atoms with van der Waals surface area (Å²) >= 11 is 0. The molecule has 0 N–H and O–H groups in total. The molecule has 5 nitrogen and oxygen atoms in total. The summed E-state index contributed by atoms with van der Waals surface area (Å²) in [4.78, 5) is 15.0. The Morgan fingerprint density at radius 1 is 1.12 bits per heavy atom. The van der Waals surface area contributed by atoms with Gasteiger partial charge in [-0.15, -0.1) is 0 Å². The highest BCUT2D eigenvalue weighted by molar-refractivity contribution is 5.95. The van der Waals surface area contributed by atoms with E-state index >= 15 is 0 Å². The minimum Gasteiger partial charge on any atom is -0.372 e. The maximum Gasteiger partial charge on any atom is 0.257 e. The second-order valence-corrected chi connectivity index (χ2v) is 6.93. The van der Waals surface area contributed by atoms with E-state index in [1.54, 1.807) is 6.20 Å². The summed E-state index contributed by atoms with van der Waals surface area (Å²) in [5.41, 5.74) is 2.84. The van der Waals surface area contributed by atoms with E-state index in [-0.39, 0.29) is 18.1 Å². The van der Waals surface area contributed by atoms with Crippen LogP contribution in [0.1, 0.15) is 48.7 Å². The zero-order valence-corrected chi connectivity index (χ0v) is 14.2. The van der Waals surface area contributed by atoms with Gasteiger partial charge in [0.15, 0.2) is 0 Å². The van der Waals surface area contributed by atoms with Crippen molar-refractivity contribution in [2.75, 3.05) is 13.1 Å². The zero-order valence-electron chi connectivity index (χ0n) is 14.2. The Hall–Kier alpha value is -2.14. The first-order valence-corrected chi connectivity index (χ1v) is 8.71. The van der Waals surface area contributed by atoms with E-state index in [0.29, 0.717) is 19.0 Å². The molecule has 1 aromatic carbocycles. The molecule has 2 aliphatic rings. The van der Waals surface area contributed by atoms with Gasteiger partial charge >= 0.3 is 0 Å². The van der Waals surface area contributed by atoms with Crippen molar-refractivity contribution in [2.24, 2.45) is 0 Å². The fourth-order valence-corrected chi connectivity index (χ4v) is 3.56. The van der Waals surface area contributed by atoms with Gasteiger partial charge in [0.2, 0.25) is 0 Å². The Morgan fingerprint density at radius 2 is 1.79 bits per heavy atom. The normalized spacial score (nSPS) is 24.2. The molecular formula is C19H23N3O2. The number of aromatic nitrogens is 2. The number of benzene rings is 1. The predicted octanol–water partition coefficient (Wildman–Crippen LogP) is 3.00. The van der Waals surface area contributed by atoms with Gasteiger partial charge in [-0.1, -0.05) is 18.2 Å². The van der Waals surface area contributed by atoms with Crippen LogP contribution in [0.15, 0.2) is 36.5 Å². The van der Waals surface area contributed by atoms with Crippen LogP contribution >= 0.6 is 0 Å². The molecule has 4 rings (SSSR count). The number of amides is 1. The Morgan fingerprint density at radius 3 is 2.42 bits per heavy atom. The molecule has 2 heterocycles. The SMILES string of the molecule is CC1CN(C(=O)c2cnn(-c3ccccc3)c2C2CC2)CC(C)O1. The van der Waals surface area contributed by atoms with Gasteiger partial charge in [-0.3, -0.25) is 4.79 Å². The van der Waals surface area contributed by atoms with E-state index in [4.69, 9.17) is 4.74 Å². The highest BCUT2D eigenvalue weighted by Crippen LogP contribution is 2.42. The van der Waals surface area contributed by atoms with E-state index in [1.165, 1.54) is 0 Å². The molecule has 1 aromatic heterocycles. The van der Waals surface area contributed by atoms with Gasteiger partial charge < -0.3 is 9.64 Å². The van der Waals surface area contributed by atoms with Gasteiger partial charge in [-0.25, -0.2) is 4.68 Å². The first kappa shape index (κ1) is 15.4. The fourth-order valence-electron chi connectivity index (χ4n) is 3.56. The number of rotatable bonds is 3. The van der Waals surface area contributed by atoms with Gasteiger partial charge in [0.1, 0.15) is 0 Å². The Kier molecular flexibility index (Phi) is 3.88. The molecule has 126 valence electrons. The third kappa shape index (κ3) is 2.84. The molecule has 1 aliphatic heterocycles. The van der Waals surface area contributed by atoms with Crippen molar-refractivity contribution in [2.45, 2.75) is 44.8 Å². The van der Waals surface area contributed by atoms with E-state index in [0.717, 1.165) is 29.8 Å². The molecular weight excluding hydrogens is 302 g/mol. The Bertz CT molecular complexity index is 726. The Labute approximate surface area is 142 Å². The molecule has 24 heavy (non-hydrogen) atoms. The number of carbonyl (C=O) groups is 1. The van der Waals surface area contributed by atoms with Crippen molar-refractivity contribution in [1.82, 2.24) is 14.7 Å². The molecule has 0 bridgehead atoms.